The summed E-state index contributed by atoms with van der Waals surface area (Å²) in [6.07, 6.45) is 6.78. The second-order valence-corrected chi connectivity index (χ2v) is 6.65. The van der Waals surface area contributed by atoms with Gasteiger partial charge in [0.2, 0.25) is 0 Å². The topological polar surface area (TPSA) is 36.4 Å². The van der Waals surface area contributed by atoms with E-state index in [-0.39, 0.29) is 0 Å². The first kappa shape index (κ1) is 13.5. The van der Waals surface area contributed by atoms with Gasteiger partial charge in [0.25, 0.3) is 0 Å². The van der Waals surface area contributed by atoms with E-state index in [1.807, 2.05) is 6.21 Å². The normalized spacial score (nSPS) is 28.8. The molecular weight excluding hydrogens is 242 g/mol. The maximum Gasteiger partial charge on any atom is 0.187 e. The Morgan fingerprint density at radius 1 is 1.56 bits per heavy atom. The van der Waals surface area contributed by atoms with Crippen LogP contribution in [0.3, 0.4) is 0 Å². The van der Waals surface area contributed by atoms with Gasteiger partial charge in [0, 0.05) is 6.04 Å². The van der Waals surface area contributed by atoms with E-state index in [2.05, 4.69) is 49.6 Å². The van der Waals surface area contributed by atoms with Crippen LogP contribution in [-0.4, -0.2) is 17.4 Å². The van der Waals surface area contributed by atoms with Gasteiger partial charge in [-0.2, -0.15) is 5.10 Å². The van der Waals surface area contributed by atoms with E-state index in [1.54, 1.807) is 0 Å². The number of allylic oxidation sites excluding steroid dienone is 2. The molecule has 2 bridgehead atoms. The van der Waals surface area contributed by atoms with E-state index in [1.165, 1.54) is 18.4 Å². The van der Waals surface area contributed by atoms with Crippen molar-refractivity contribution in [3.8, 4) is 0 Å². The SMILES string of the molecule is CC(C)NC(=S)NN=CC1=CC[C@H]2C[C@H]1C2(C)C. The predicted octanol–water partition coefficient (Wildman–Crippen LogP) is 2.84. The standard InChI is InChI=1S/C14H23N3S/c1-9(2)16-13(18)17-15-8-10-5-6-11-7-12(10)14(11,3)4/h5,8-9,11-12H,6-7H2,1-4H3,(H2,16,17,18)/t11-,12+/m0/s1. The second kappa shape index (κ2) is 5.00. The molecule has 18 heavy (non-hydrogen) atoms. The number of fused-ring (bicyclic) bond motifs is 1. The second-order valence-electron chi connectivity index (χ2n) is 6.24. The van der Waals surface area contributed by atoms with Crippen LogP contribution in [-0.2, 0) is 0 Å². The summed E-state index contributed by atoms with van der Waals surface area (Å²) in [5.41, 5.74) is 4.69. The third kappa shape index (κ3) is 2.58. The Bertz CT molecular complexity index is 396. The minimum atomic E-state index is 0.334. The molecule has 4 heteroatoms. The lowest BCUT2D eigenvalue weighted by Crippen LogP contribution is -2.48. The number of hydrogen-bond donors (Lipinski definition) is 2. The van der Waals surface area contributed by atoms with E-state index in [0.29, 0.717) is 22.5 Å². The first-order valence-electron chi connectivity index (χ1n) is 6.71. The molecular formula is C14H23N3S. The van der Waals surface area contributed by atoms with Crippen LogP contribution >= 0.6 is 12.2 Å². The van der Waals surface area contributed by atoms with Crippen molar-refractivity contribution in [2.24, 2.45) is 22.4 Å². The van der Waals surface area contributed by atoms with Crippen molar-refractivity contribution in [3.63, 3.8) is 0 Å². The molecule has 0 amide bonds. The lowest BCUT2D eigenvalue weighted by atomic mass is 9.49. The number of nitrogens with one attached hydrogen (secondary N) is 2. The molecule has 0 spiro atoms. The highest BCUT2D eigenvalue weighted by molar-refractivity contribution is 7.80. The number of thiocarbonyl (C=S) groups is 1. The van der Waals surface area contributed by atoms with Gasteiger partial charge in [-0.1, -0.05) is 19.9 Å². The van der Waals surface area contributed by atoms with Crippen LogP contribution < -0.4 is 10.7 Å². The average molecular weight is 265 g/mol. The molecule has 1 fully saturated rings. The third-order valence-electron chi connectivity index (χ3n) is 4.31. The van der Waals surface area contributed by atoms with Gasteiger partial charge >= 0.3 is 0 Å². The first-order valence-corrected chi connectivity index (χ1v) is 7.11. The average Bonchev–Trinajstić information content (AvgIpc) is 2.28. The third-order valence-corrected chi connectivity index (χ3v) is 4.52. The highest BCUT2D eigenvalue weighted by Crippen LogP contribution is 2.58. The summed E-state index contributed by atoms with van der Waals surface area (Å²) in [4.78, 5) is 0. The molecule has 0 radical (unpaired) electrons. The van der Waals surface area contributed by atoms with Crippen molar-refractivity contribution in [1.82, 2.24) is 10.7 Å². The van der Waals surface area contributed by atoms with E-state index < -0.39 is 0 Å². The lowest BCUT2D eigenvalue weighted by molar-refractivity contribution is -0.00126. The molecule has 1 saturated carbocycles. The molecule has 3 aliphatic carbocycles. The molecule has 3 aliphatic rings. The van der Waals surface area contributed by atoms with Crippen molar-refractivity contribution >= 4 is 23.5 Å². The van der Waals surface area contributed by atoms with Gasteiger partial charge in [0.15, 0.2) is 5.11 Å². The van der Waals surface area contributed by atoms with Gasteiger partial charge in [0.1, 0.15) is 0 Å². The summed E-state index contributed by atoms with van der Waals surface area (Å²) in [5, 5.41) is 7.93. The van der Waals surface area contributed by atoms with Crippen LogP contribution in [0.1, 0.15) is 40.5 Å². The maximum absolute atomic E-state index is 5.13. The maximum atomic E-state index is 5.13. The fraction of sp³-hybridized carbons (Fsp3) is 0.714. The summed E-state index contributed by atoms with van der Waals surface area (Å²) in [6.45, 7) is 8.84. The smallest absolute Gasteiger partial charge is 0.187 e. The molecule has 3 rings (SSSR count). The zero-order valence-electron chi connectivity index (χ0n) is 11.7. The largest absolute Gasteiger partial charge is 0.359 e. The fourth-order valence-electron chi connectivity index (χ4n) is 3.00. The highest BCUT2D eigenvalue weighted by atomic mass is 32.1. The van der Waals surface area contributed by atoms with Crippen molar-refractivity contribution in [3.05, 3.63) is 11.6 Å². The van der Waals surface area contributed by atoms with Crippen LogP contribution in [0.5, 0.6) is 0 Å². The molecule has 0 aromatic rings. The van der Waals surface area contributed by atoms with E-state index in [0.717, 1.165) is 5.92 Å². The van der Waals surface area contributed by atoms with Crippen molar-refractivity contribution in [2.45, 2.75) is 46.6 Å². The number of nitrogens with zero attached hydrogens (tertiary/aromatic N) is 1. The Morgan fingerprint density at radius 3 is 2.83 bits per heavy atom. The molecule has 0 aliphatic heterocycles. The molecule has 3 nitrogen and oxygen atoms in total. The zero-order valence-corrected chi connectivity index (χ0v) is 12.5. The fourth-order valence-corrected chi connectivity index (χ4v) is 3.29. The minimum absolute atomic E-state index is 0.334. The van der Waals surface area contributed by atoms with Gasteiger partial charge in [-0.25, -0.2) is 0 Å². The zero-order chi connectivity index (χ0) is 13.3. The molecule has 0 heterocycles. The monoisotopic (exact) mass is 265 g/mol. The number of rotatable bonds is 3. The molecule has 0 saturated heterocycles. The molecule has 0 aromatic heterocycles. The Labute approximate surface area is 115 Å². The van der Waals surface area contributed by atoms with E-state index >= 15 is 0 Å². The van der Waals surface area contributed by atoms with Crippen LogP contribution in [0, 0.1) is 17.3 Å². The Balaban J connectivity index is 1.87. The van der Waals surface area contributed by atoms with Gasteiger partial charge in [-0.15, -0.1) is 0 Å². The lowest BCUT2D eigenvalue weighted by Gasteiger charge is -2.55. The minimum Gasteiger partial charge on any atom is -0.359 e. The van der Waals surface area contributed by atoms with Crippen LogP contribution in [0.2, 0.25) is 0 Å². The molecule has 2 N–H and O–H groups in total. The summed E-state index contributed by atoms with van der Waals surface area (Å²) in [5.74, 6) is 1.55. The van der Waals surface area contributed by atoms with Gasteiger partial charge in [-0.05, 0) is 61.7 Å². The predicted molar refractivity (Wildman–Crippen MR) is 80.6 cm³/mol. The Kier molecular flexibility index (Phi) is 3.76. The van der Waals surface area contributed by atoms with Crippen LogP contribution in [0.15, 0.2) is 16.8 Å². The van der Waals surface area contributed by atoms with Gasteiger partial charge < -0.3 is 5.32 Å². The summed E-state index contributed by atoms with van der Waals surface area (Å²) < 4.78 is 0. The van der Waals surface area contributed by atoms with E-state index in [4.69, 9.17) is 12.2 Å². The molecule has 2 atom stereocenters. The van der Waals surface area contributed by atoms with Crippen molar-refractivity contribution in [1.29, 1.82) is 0 Å². The van der Waals surface area contributed by atoms with Crippen LogP contribution in [0.4, 0.5) is 0 Å². The van der Waals surface area contributed by atoms with Gasteiger partial charge in [0.05, 0.1) is 6.21 Å². The van der Waals surface area contributed by atoms with Crippen molar-refractivity contribution in [2.75, 3.05) is 0 Å². The van der Waals surface area contributed by atoms with Gasteiger partial charge in [-0.3, -0.25) is 5.43 Å². The molecule has 100 valence electrons. The quantitative estimate of drug-likeness (QED) is 0.468. The van der Waals surface area contributed by atoms with E-state index in [9.17, 15) is 0 Å². The van der Waals surface area contributed by atoms with Crippen LogP contribution in [0.25, 0.3) is 0 Å². The molecule has 0 unspecified atom stereocenters. The summed E-state index contributed by atoms with van der Waals surface area (Å²) in [7, 11) is 0. The number of hydrazone groups is 1. The first-order chi connectivity index (χ1) is 8.41. The summed E-state index contributed by atoms with van der Waals surface area (Å²) in [6, 6.07) is 0.334. The number of hydrogen-bond acceptors (Lipinski definition) is 2. The highest BCUT2D eigenvalue weighted by Gasteiger charge is 2.50. The van der Waals surface area contributed by atoms with Crippen molar-refractivity contribution < 1.29 is 0 Å². The Hall–Kier alpha value is -0.900. The Morgan fingerprint density at radius 2 is 2.28 bits per heavy atom. The molecule has 0 aromatic carbocycles. The summed E-state index contributed by atoms with van der Waals surface area (Å²) >= 11 is 5.13.